The number of nitro benzene ring substituents is 1. The maximum Gasteiger partial charge on any atom is 0.326 e. The van der Waals surface area contributed by atoms with Gasteiger partial charge in [-0.05, 0) is 18.6 Å². The normalized spacial score (nSPS) is 11.8. The van der Waals surface area contributed by atoms with Gasteiger partial charge in [-0.25, -0.2) is 4.79 Å². The van der Waals surface area contributed by atoms with Gasteiger partial charge in [-0.15, -0.1) is 0 Å². The molecule has 0 radical (unpaired) electrons. The number of carbonyl (C=O) groups is 1. The number of hydrogen-bond donors (Lipinski definition) is 2. The minimum atomic E-state index is -0.915. The molecule has 6 nitrogen and oxygen atoms in total. The number of rotatable bonds is 7. The van der Waals surface area contributed by atoms with E-state index in [4.69, 9.17) is 5.11 Å². The second-order valence-corrected chi connectivity index (χ2v) is 3.98. The summed E-state index contributed by atoms with van der Waals surface area (Å²) in [6, 6.07) is 5.06. The quantitative estimate of drug-likeness (QED) is 0.574. The highest BCUT2D eigenvalue weighted by Gasteiger charge is 2.16. The zero-order valence-corrected chi connectivity index (χ0v) is 10.1. The topological polar surface area (TPSA) is 92.5 Å². The van der Waals surface area contributed by atoms with E-state index in [2.05, 4.69) is 5.32 Å². The Hall–Kier alpha value is -2.11. The van der Waals surface area contributed by atoms with E-state index in [1.54, 1.807) is 0 Å². The van der Waals surface area contributed by atoms with Crippen molar-refractivity contribution in [2.75, 3.05) is 5.32 Å². The van der Waals surface area contributed by atoms with E-state index in [1.807, 2.05) is 6.92 Å². The van der Waals surface area contributed by atoms with Crippen LogP contribution in [0.3, 0.4) is 0 Å². The van der Waals surface area contributed by atoms with Crippen LogP contribution in [0, 0.1) is 10.1 Å². The number of carboxylic acids is 1. The molecule has 0 heterocycles. The molecule has 0 aromatic heterocycles. The largest absolute Gasteiger partial charge is 0.480 e. The summed E-state index contributed by atoms with van der Waals surface area (Å²) >= 11 is 0. The number of nitro groups is 1. The predicted octanol–water partition coefficient (Wildman–Crippen LogP) is 2.65. The molecule has 1 unspecified atom stereocenters. The van der Waals surface area contributed by atoms with Gasteiger partial charge in [0.1, 0.15) is 6.04 Å². The molecule has 1 aromatic carbocycles. The fourth-order valence-corrected chi connectivity index (χ4v) is 1.55. The van der Waals surface area contributed by atoms with Crippen molar-refractivity contribution < 1.29 is 14.8 Å². The number of benzene rings is 1. The van der Waals surface area contributed by atoms with Gasteiger partial charge in [0.15, 0.2) is 0 Å². The molecule has 0 fully saturated rings. The lowest BCUT2D eigenvalue weighted by Crippen LogP contribution is -2.29. The van der Waals surface area contributed by atoms with E-state index < -0.39 is 16.9 Å². The van der Waals surface area contributed by atoms with Crippen LogP contribution in [0.15, 0.2) is 24.3 Å². The van der Waals surface area contributed by atoms with Gasteiger partial charge < -0.3 is 10.4 Å². The van der Waals surface area contributed by atoms with Crippen molar-refractivity contribution in [1.29, 1.82) is 0 Å². The molecule has 1 atom stereocenters. The van der Waals surface area contributed by atoms with Crippen molar-refractivity contribution in [1.82, 2.24) is 0 Å². The Morgan fingerprint density at radius 3 is 2.50 bits per heavy atom. The lowest BCUT2D eigenvalue weighted by Gasteiger charge is -2.15. The highest BCUT2D eigenvalue weighted by Crippen LogP contribution is 2.17. The third-order valence-electron chi connectivity index (χ3n) is 2.56. The highest BCUT2D eigenvalue weighted by atomic mass is 16.6. The third kappa shape index (κ3) is 4.04. The molecule has 0 aliphatic rings. The fraction of sp³-hybridized carbons (Fsp3) is 0.417. The minimum absolute atomic E-state index is 0.0130. The molecule has 2 N–H and O–H groups in total. The van der Waals surface area contributed by atoms with Crippen LogP contribution < -0.4 is 5.32 Å². The third-order valence-corrected chi connectivity index (χ3v) is 2.56. The van der Waals surface area contributed by atoms with Crippen molar-refractivity contribution >= 4 is 17.3 Å². The van der Waals surface area contributed by atoms with Crippen molar-refractivity contribution in [2.45, 2.75) is 32.2 Å². The molecule has 0 saturated heterocycles. The van der Waals surface area contributed by atoms with Crippen molar-refractivity contribution in [3.05, 3.63) is 34.4 Å². The number of hydrogen-bond acceptors (Lipinski definition) is 4. The van der Waals surface area contributed by atoms with Gasteiger partial charge in [0.25, 0.3) is 5.69 Å². The average Bonchev–Trinajstić information content (AvgIpc) is 2.34. The molecule has 0 bridgehead atoms. The maximum atomic E-state index is 11.0. The highest BCUT2D eigenvalue weighted by molar-refractivity contribution is 5.77. The lowest BCUT2D eigenvalue weighted by molar-refractivity contribution is -0.384. The van der Waals surface area contributed by atoms with E-state index in [9.17, 15) is 14.9 Å². The van der Waals surface area contributed by atoms with Crippen molar-refractivity contribution in [2.24, 2.45) is 0 Å². The van der Waals surface area contributed by atoms with E-state index in [0.29, 0.717) is 12.1 Å². The van der Waals surface area contributed by atoms with Gasteiger partial charge >= 0.3 is 5.97 Å². The first-order valence-electron chi connectivity index (χ1n) is 5.78. The summed E-state index contributed by atoms with van der Waals surface area (Å²) < 4.78 is 0. The van der Waals surface area contributed by atoms with Crippen LogP contribution in [0.1, 0.15) is 26.2 Å². The van der Waals surface area contributed by atoms with Crippen LogP contribution in [-0.4, -0.2) is 22.0 Å². The molecule has 6 heteroatoms. The Labute approximate surface area is 105 Å². The van der Waals surface area contributed by atoms with Crippen LogP contribution in [0.2, 0.25) is 0 Å². The van der Waals surface area contributed by atoms with Crippen molar-refractivity contribution in [3.8, 4) is 0 Å². The zero-order valence-electron chi connectivity index (χ0n) is 10.1. The number of non-ortho nitro benzene ring substituents is 1. The lowest BCUT2D eigenvalue weighted by atomic mass is 10.1. The first-order chi connectivity index (χ1) is 8.54. The Kier molecular flexibility index (Phi) is 5.10. The average molecular weight is 252 g/mol. The van der Waals surface area contributed by atoms with Crippen LogP contribution >= 0.6 is 0 Å². The van der Waals surface area contributed by atoms with E-state index in [-0.39, 0.29) is 5.69 Å². The standard InChI is InChI=1S/C12H16N2O4/c1-2-3-4-11(12(15)16)13-9-5-7-10(8-6-9)14(17)18/h5-8,11,13H,2-4H2,1H3,(H,15,16). The maximum absolute atomic E-state index is 11.0. The summed E-state index contributed by atoms with van der Waals surface area (Å²) in [5.74, 6) is -0.915. The molecule has 0 spiro atoms. The SMILES string of the molecule is CCCCC(Nc1ccc([N+](=O)[O-])cc1)C(=O)O. The molecule has 18 heavy (non-hydrogen) atoms. The van der Waals surface area contributed by atoms with Crippen molar-refractivity contribution in [3.63, 3.8) is 0 Å². The molecular weight excluding hydrogens is 236 g/mol. The summed E-state index contributed by atoms with van der Waals surface area (Å²) in [5.41, 5.74) is 0.560. The number of unbranched alkanes of at least 4 members (excludes halogenated alkanes) is 1. The fourth-order valence-electron chi connectivity index (χ4n) is 1.55. The molecule has 1 aromatic rings. The molecule has 98 valence electrons. The van der Waals surface area contributed by atoms with E-state index in [0.717, 1.165) is 12.8 Å². The molecule has 0 saturated carbocycles. The summed E-state index contributed by atoms with van der Waals surface area (Å²) in [6.07, 6.45) is 2.27. The van der Waals surface area contributed by atoms with Crippen LogP contribution in [-0.2, 0) is 4.79 Å². The molecule has 1 rings (SSSR count). The Morgan fingerprint density at radius 1 is 1.44 bits per heavy atom. The summed E-state index contributed by atoms with van der Waals surface area (Å²) in [5, 5.41) is 22.4. The summed E-state index contributed by atoms with van der Waals surface area (Å²) in [4.78, 5) is 21.0. The number of nitrogens with zero attached hydrogens (tertiary/aromatic N) is 1. The molecule has 0 aliphatic carbocycles. The van der Waals surface area contributed by atoms with E-state index >= 15 is 0 Å². The smallest absolute Gasteiger partial charge is 0.326 e. The molecule has 0 amide bonds. The van der Waals surface area contributed by atoms with Crippen LogP contribution in [0.5, 0.6) is 0 Å². The van der Waals surface area contributed by atoms with E-state index in [1.165, 1.54) is 24.3 Å². The second kappa shape index (κ2) is 6.58. The number of aliphatic carboxylic acids is 1. The summed E-state index contributed by atoms with van der Waals surface area (Å²) in [7, 11) is 0. The zero-order chi connectivity index (χ0) is 13.5. The van der Waals surface area contributed by atoms with Gasteiger partial charge in [-0.2, -0.15) is 0 Å². The van der Waals surface area contributed by atoms with Gasteiger partial charge in [0.2, 0.25) is 0 Å². The Morgan fingerprint density at radius 2 is 2.06 bits per heavy atom. The van der Waals surface area contributed by atoms with Gasteiger partial charge in [0, 0.05) is 17.8 Å². The second-order valence-electron chi connectivity index (χ2n) is 3.98. The number of anilines is 1. The predicted molar refractivity (Wildman–Crippen MR) is 67.7 cm³/mol. The first kappa shape index (κ1) is 14.0. The van der Waals surface area contributed by atoms with Gasteiger partial charge in [0.05, 0.1) is 4.92 Å². The van der Waals surface area contributed by atoms with Gasteiger partial charge in [-0.3, -0.25) is 10.1 Å². The molecule has 0 aliphatic heterocycles. The first-order valence-corrected chi connectivity index (χ1v) is 5.78. The monoisotopic (exact) mass is 252 g/mol. The Balaban J connectivity index is 2.68. The van der Waals surface area contributed by atoms with Gasteiger partial charge in [-0.1, -0.05) is 19.8 Å². The van der Waals surface area contributed by atoms with Crippen LogP contribution in [0.25, 0.3) is 0 Å². The summed E-state index contributed by atoms with van der Waals surface area (Å²) in [6.45, 7) is 1.99. The Bertz CT molecular complexity index is 417. The molecular formula is C12H16N2O4. The number of nitrogens with one attached hydrogen (secondary N) is 1. The minimum Gasteiger partial charge on any atom is -0.480 e. The number of carboxylic acid groups (broad SMARTS) is 1. The van der Waals surface area contributed by atoms with Crippen LogP contribution in [0.4, 0.5) is 11.4 Å².